The maximum atomic E-state index is 13.0. The van der Waals surface area contributed by atoms with Gasteiger partial charge >= 0.3 is 6.18 Å². The Hall–Kier alpha value is -3.01. The Kier molecular flexibility index (Phi) is 7.92. The number of aryl methyl sites for hydroxylation is 1. The number of amides is 1. The van der Waals surface area contributed by atoms with Crippen molar-refractivity contribution in [3.05, 3.63) is 105 Å². The highest BCUT2D eigenvalue weighted by molar-refractivity contribution is 7.98. The molecule has 1 amide bonds. The van der Waals surface area contributed by atoms with Crippen LogP contribution in [0.15, 0.2) is 71.9 Å². The third-order valence-electron chi connectivity index (χ3n) is 5.33. The molecule has 0 saturated carbocycles. The molecule has 0 aliphatic rings. The van der Waals surface area contributed by atoms with Gasteiger partial charge in [0.05, 0.1) is 22.8 Å². The predicted molar refractivity (Wildman–Crippen MR) is 135 cm³/mol. The number of aromatic nitrogens is 3. The minimum absolute atomic E-state index is 0.101. The fourth-order valence-corrected chi connectivity index (χ4v) is 4.83. The van der Waals surface area contributed by atoms with Crippen LogP contribution in [-0.2, 0) is 18.5 Å². The smallest absolute Gasteiger partial charge is 0.345 e. The van der Waals surface area contributed by atoms with E-state index in [4.69, 9.17) is 23.2 Å². The molecule has 0 aliphatic heterocycles. The van der Waals surface area contributed by atoms with Crippen LogP contribution in [0.1, 0.15) is 32.9 Å². The highest BCUT2D eigenvalue weighted by atomic mass is 35.5. The number of thioether (sulfide) groups is 1. The first-order valence-corrected chi connectivity index (χ1v) is 12.4. The van der Waals surface area contributed by atoms with Gasteiger partial charge in [-0.05, 0) is 54.4 Å². The zero-order valence-corrected chi connectivity index (χ0v) is 21.1. The molecule has 4 aromatic rings. The summed E-state index contributed by atoms with van der Waals surface area (Å²) < 4.78 is 40.8. The van der Waals surface area contributed by atoms with E-state index in [-0.39, 0.29) is 12.1 Å². The third kappa shape index (κ3) is 6.03. The fourth-order valence-electron chi connectivity index (χ4n) is 3.42. The van der Waals surface area contributed by atoms with Crippen LogP contribution in [0.5, 0.6) is 0 Å². The first kappa shape index (κ1) is 26.1. The van der Waals surface area contributed by atoms with E-state index in [2.05, 4.69) is 15.5 Å². The van der Waals surface area contributed by atoms with Crippen LogP contribution in [0.4, 0.5) is 13.2 Å². The van der Waals surface area contributed by atoms with Gasteiger partial charge in [-0.2, -0.15) is 13.2 Å². The summed E-state index contributed by atoms with van der Waals surface area (Å²) in [5.41, 5.74) is 1.74. The van der Waals surface area contributed by atoms with Gasteiger partial charge in [0, 0.05) is 16.3 Å². The summed E-state index contributed by atoms with van der Waals surface area (Å²) in [4.78, 5) is 12.6. The van der Waals surface area contributed by atoms with Crippen LogP contribution in [0.25, 0.3) is 5.69 Å². The first-order valence-electron chi connectivity index (χ1n) is 10.7. The number of carbonyl (C=O) groups excluding carboxylic acids is 1. The summed E-state index contributed by atoms with van der Waals surface area (Å²) >= 11 is 14.1. The molecule has 0 unspecified atom stereocenters. The summed E-state index contributed by atoms with van der Waals surface area (Å²) in [6, 6.07) is 17.1. The van der Waals surface area contributed by atoms with E-state index in [1.807, 2.05) is 31.2 Å². The van der Waals surface area contributed by atoms with Gasteiger partial charge in [0.2, 0.25) is 0 Å². The summed E-state index contributed by atoms with van der Waals surface area (Å²) in [5.74, 6) is 0.272. The third-order valence-corrected chi connectivity index (χ3v) is 6.86. The standard InChI is InChI=1S/C25H19Cl2F3N4OS/c1-15-5-2-3-6-17(15)14-36-24-33-32-22(34(24)21-12-19(26)9-10-20(21)27)13-31-23(35)16-7-4-8-18(11-16)25(28,29)30/h2-12H,13-14H2,1H3,(H,31,35). The van der Waals surface area contributed by atoms with E-state index in [1.54, 1.807) is 22.8 Å². The molecule has 1 aromatic heterocycles. The molecule has 0 radical (unpaired) electrons. The Bertz CT molecular complexity index is 1410. The number of benzene rings is 3. The Morgan fingerprint density at radius 1 is 1.03 bits per heavy atom. The molecule has 0 bridgehead atoms. The van der Waals surface area contributed by atoms with Crippen molar-refractivity contribution < 1.29 is 18.0 Å². The van der Waals surface area contributed by atoms with Gasteiger partial charge in [0.15, 0.2) is 11.0 Å². The van der Waals surface area contributed by atoms with Crippen LogP contribution in [0, 0.1) is 6.92 Å². The van der Waals surface area contributed by atoms with E-state index in [0.29, 0.717) is 32.5 Å². The number of carbonyl (C=O) groups is 1. The molecular weight excluding hydrogens is 532 g/mol. The second kappa shape index (κ2) is 10.9. The lowest BCUT2D eigenvalue weighted by Gasteiger charge is -2.13. The van der Waals surface area contributed by atoms with Crippen molar-refractivity contribution in [2.75, 3.05) is 0 Å². The van der Waals surface area contributed by atoms with Crippen LogP contribution >= 0.6 is 35.0 Å². The number of nitrogens with one attached hydrogen (secondary N) is 1. The molecule has 36 heavy (non-hydrogen) atoms. The highest BCUT2D eigenvalue weighted by Crippen LogP contribution is 2.32. The summed E-state index contributed by atoms with van der Waals surface area (Å²) in [5, 5.41) is 12.5. The lowest BCUT2D eigenvalue weighted by molar-refractivity contribution is -0.137. The summed E-state index contributed by atoms with van der Waals surface area (Å²) in [6.45, 7) is 1.92. The molecule has 3 aromatic carbocycles. The van der Waals surface area contributed by atoms with Gasteiger partial charge in [-0.3, -0.25) is 9.36 Å². The van der Waals surface area contributed by atoms with Gasteiger partial charge in [0.1, 0.15) is 0 Å². The average molecular weight is 551 g/mol. The Morgan fingerprint density at radius 3 is 2.56 bits per heavy atom. The number of alkyl halides is 3. The molecule has 5 nitrogen and oxygen atoms in total. The summed E-state index contributed by atoms with van der Waals surface area (Å²) in [7, 11) is 0. The van der Waals surface area contributed by atoms with E-state index in [9.17, 15) is 18.0 Å². The van der Waals surface area contributed by atoms with Crippen molar-refractivity contribution >= 4 is 40.9 Å². The van der Waals surface area contributed by atoms with Gasteiger partial charge < -0.3 is 5.32 Å². The van der Waals surface area contributed by atoms with Crippen LogP contribution in [0.2, 0.25) is 10.0 Å². The largest absolute Gasteiger partial charge is 0.416 e. The minimum atomic E-state index is -4.55. The van der Waals surface area contributed by atoms with Gasteiger partial charge in [0.25, 0.3) is 5.91 Å². The van der Waals surface area contributed by atoms with Crippen molar-refractivity contribution in [3.63, 3.8) is 0 Å². The molecule has 1 N–H and O–H groups in total. The molecule has 0 fully saturated rings. The van der Waals surface area contributed by atoms with E-state index in [0.717, 1.165) is 23.3 Å². The van der Waals surface area contributed by atoms with E-state index >= 15 is 0 Å². The van der Waals surface area contributed by atoms with Gasteiger partial charge in [-0.25, -0.2) is 0 Å². The molecule has 4 rings (SSSR count). The van der Waals surface area contributed by atoms with Crippen LogP contribution in [0.3, 0.4) is 0 Å². The van der Waals surface area contributed by atoms with Crippen molar-refractivity contribution in [1.29, 1.82) is 0 Å². The number of halogens is 5. The fraction of sp³-hybridized carbons (Fsp3) is 0.160. The second-order valence-electron chi connectivity index (χ2n) is 7.81. The Morgan fingerprint density at radius 2 is 1.81 bits per heavy atom. The maximum Gasteiger partial charge on any atom is 0.416 e. The lowest BCUT2D eigenvalue weighted by Crippen LogP contribution is -2.25. The monoisotopic (exact) mass is 550 g/mol. The number of hydrogen-bond acceptors (Lipinski definition) is 4. The number of rotatable bonds is 7. The molecule has 0 aliphatic carbocycles. The van der Waals surface area contributed by atoms with Crippen molar-refractivity contribution in [2.24, 2.45) is 0 Å². The van der Waals surface area contributed by atoms with Gasteiger partial charge in [-0.15, -0.1) is 10.2 Å². The second-order valence-corrected chi connectivity index (χ2v) is 9.59. The van der Waals surface area contributed by atoms with Crippen molar-refractivity contribution in [2.45, 2.75) is 30.6 Å². The molecule has 0 atom stereocenters. The SMILES string of the molecule is Cc1ccccc1CSc1nnc(CNC(=O)c2cccc(C(F)(F)F)c2)n1-c1cc(Cl)ccc1Cl. The van der Waals surface area contributed by atoms with Crippen molar-refractivity contribution in [1.82, 2.24) is 20.1 Å². The maximum absolute atomic E-state index is 13.0. The van der Waals surface area contributed by atoms with Gasteiger partial charge in [-0.1, -0.05) is 65.3 Å². The topological polar surface area (TPSA) is 59.8 Å². The lowest BCUT2D eigenvalue weighted by atomic mass is 10.1. The zero-order chi connectivity index (χ0) is 25.9. The van der Waals surface area contributed by atoms with Crippen LogP contribution < -0.4 is 5.32 Å². The predicted octanol–water partition coefficient (Wildman–Crippen LogP) is 7.12. The molecule has 11 heteroatoms. The van der Waals surface area contributed by atoms with Crippen molar-refractivity contribution in [3.8, 4) is 5.69 Å². The molecule has 1 heterocycles. The molecule has 186 valence electrons. The van der Waals surface area contributed by atoms with E-state index in [1.165, 1.54) is 23.9 Å². The van der Waals surface area contributed by atoms with Crippen LogP contribution in [-0.4, -0.2) is 20.7 Å². The summed E-state index contributed by atoms with van der Waals surface area (Å²) in [6.07, 6.45) is -4.55. The quantitative estimate of drug-likeness (QED) is 0.249. The first-order chi connectivity index (χ1) is 17.1. The number of nitrogens with zero attached hydrogens (tertiary/aromatic N) is 3. The normalized spacial score (nSPS) is 11.5. The minimum Gasteiger partial charge on any atom is -0.345 e. The Balaban J connectivity index is 1.61. The average Bonchev–Trinajstić information content (AvgIpc) is 3.25. The molecule has 0 saturated heterocycles. The molecule has 0 spiro atoms. The number of hydrogen-bond donors (Lipinski definition) is 1. The highest BCUT2D eigenvalue weighted by Gasteiger charge is 2.31. The molecular formula is C25H19Cl2F3N4OS. The zero-order valence-electron chi connectivity index (χ0n) is 18.8. The van der Waals surface area contributed by atoms with E-state index < -0.39 is 17.6 Å². The Labute approximate surface area is 219 Å².